The molecule has 0 radical (unpaired) electrons. The van der Waals surface area contributed by atoms with Crippen LogP contribution in [0.25, 0.3) is 11.1 Å². The van der Waals surface area contributed by atoms with Crippen molar-refractivity contribution in [1.82, 2.24) is 4.98 Å². The number of hydrogen-bond donors (Lipinski definition) is 1. The van der Waals surface area contributed by atoms with Crippen LogP contribution in [0.5, 0.6) is 0 Å². The average Bonchev–Trinajstić information content (AvgIpc) is 2.78. The summed E-state index contributed by atoms with van der Waals surface area (Å²) in [4.78, 5) is 16.2. The van der Waals surface area contributed by atoms with Gasteiger partial charge in [0.05, 0.1) is 6.42 Å². The largest absolute Gasteiger partial charge is 0.441 e. The number of nitrogens with one attached hydrogen (secondary N) is 1. The Kier molecular flexibility index (Phi) is 3.39. The van der Waals surface area contributed by atoms with Gasteiger partial charge in [0, 0.05) is 12.6 Å². The van der Waals surface area contributed by atoms with Crippen molar-refractivity contribution in [3.05, 3.63) is 59.7 Å². The SMILES string of the molecule is Cc1nc2cc(CC(=O)Nc3cccc(F)c3)ccc2o1. The van der Waals surface area contributed by atoms with Crippen molar-refractivity contribution in [2.45, 2.75) is 13.3 Å². The van der Waals surface area contributed by atoms with Gasteiger partial charge in [0.1, 0.15) is 11.3 Å². The predicted octanol–water partition coefficient (Wildman–Crippen LogP) is 3.46. The molecular weight excluding hydrogens is 271 g/mol. The summed E-state index contributed by atoms with van der Waals surface area (Å²) in [6, 6.07) is 11.2. The lowest BCUT2D eigenvalue weighted by Crippen LogP contribution is -2.14. The zero-order valence-corrected chi connectivity index (χ0v) is 11.4. The number of fused-ring (bicyclic) bond motifs is 1. The van der Waals surface area contributed by atoms with Gasteiger partial charge in [-0.2, -0.15) is 0 Å². The second-order valence-corrected chi connectivity index (χ2v) is 4.77. The van der Waals surface area contributed by atoms with E-state index in [0.717, 1.165) is 11.1 Å². The van der Waals surface area contributed by atoms with Crippen molar-refractivity contribution in [1.29, 1.82) is 0 Å². The number of rotatable bonds is 3. The predicted molar refractivity (Wildman–Crippen MR) is 77.5 cm³/mol. The van der Waals surface area contributed by atoms with E-state index in [1.54, 1.807) is 25.1 Å². The van der Waals surface area contributed by atoms with Crippen molar-refractivity contribution < 1.29 is 13.6 Å². The Labute approximate surface area is 120 Å². The number of oxazole rings is 1. The Morgan fingerprint density at radius 3 is 2.95 bits per heavy atom. The molecule has 0 aliphatic rings. The minimum absolute atomic E-state index is 0.193. The smallest absolute Gasteiger partial charge is 0.228 e. The molecule has 0 bridgehead atoms. The molecular formula is C16H13FN2O2. The monoisotopic (exact) mass is 284 g/mol. The van der Waals surface area contributed by atoms with Crippen LogP contribution in [0.2, 0.25) is 0 Å². The van der Waals surface area contributed by atoms with Crippen molar-refractivity contribution in [3.63, 3.8) is 0 Å². The first-order valence-electron chi connectivity index (χ1n) is 6.52. The third kappa shape index (κ3) is 3.08. The zero-order valence-electron chi connectivity index (χ0n) is 11.4. The molecule has 1 N–H and O–H groups in total. The molecule has 0 saturated heterocycles. The second-order valence-electron chi connectivity index (χ2n) is 4.77. The highest BCUT2D eigenvalue weighted by molar-refractivity contribution is 5.92. The van der Waals surface area contributed by atoms with Crippen molar-refractivity contribution in [3.8, 4) is 0 Å². The number of nitrogens with zero attached hydrogens (tertiary/aromatic N) is 1. The molecule has 0 unspecified atom stereocenters. The fraction of sp³-hybridized carbons (Fsp3) is 0.125. The van der Waals surface area contributed by atoms with Crippen LogP contribution in [0, 0.1) is 12.7 Å². The van der Waals surface area contributed by atoms with E-state index in [1.165, 1.54) is 12.1 Å². The summed E-state index contributed by atoms with van der Waals surface area (Å²) in [5.41, 5.74) is 2.69. The lowest BCUT2D eigenvalue weighted by atomic mass is 10.1. The molecule has 0 aliphatic heterocycles. The summed E-state index contributed by atoms with van der Waals surface area (Å²) >= 11 is 0. The van der Waals surface area contributed by atoms with Gasteiger partial charge >= 0.3 is 0 Å². The molecule has 3 rings (SSSR count). The molecule has 1 amide bonds. The van der Waals surface area contributed by atoms with E-state index in [4.69, 9.17) is 4.42 Å². The number of hydrogen-bond acceptors (Lipinski definition) is 3. The normalized spacial score (nSPS) is 10.8. The van der Waals surface area contributed by atoms with Gasteiger partial charge in [-0.25, -0.2) is 9.37 Å². The van der Waals surface area contributed by atoms with Gasteiger partial charge in [-0.15, -0.1) is 0 Å². The highest BCUT2D eigenvalue weighted by Gasteiger charge is 2.08. The molecule has 0 spiro atoms. The van der Waals surface area contributed by atoms with Gasteiger partial charge in [-0.05, 0) is 35.9 Å². The molecule has 21 heavy (non-hydrogen) atoms. The van der Waals surface area contributed by atoms with Crippen molar-refractivity contribution in [2.75, 3.05) is 5.32 Å². The maximum atomic E-state index is 13.1. The van der Waals surface area contributed by atoms with Gasteiger partial charge in [0.15, 0.2) is 11.5 Å². The van der Waals surface area contributed by atoms with Crippen LogP contribution in [-0.4, -0.2) is 10.9 Å². The van der Waals surface area contributed by atoms with Crippen LogP contribution in [-0.2, 0) is 11.2 Å². The number of aromatic nitrogens is 1. The van der Waals surface area contributed by atoms with Crippen LogP contribution in [0.4, 0.5) is 10.1 Å². The minimum Gasteiger partial charge on any atom is -0.441 e. The van der Waals surface area contributed by atoms with Gasteiger partial charge in [0.25, 0.3) is 0 Å². The van der Waals surface area contributed by atoms with Gasteiger partial charge in [0.2, 0.25) is 5.91 Å². The molecule has 5 heteroatoms. The minimum atomic E-state index is -0.382. The Balaban J connectivity index is 1.73. The van der Waals surface area contributed by atoms with Crippen LogP contribution >= 0.6 is 0 Å². The molecule has 0 saturated carbocycles. The number of aryl methyl sites for hydroxylation is 1. The molecule has 106 valence electrons. The number of carbonyl (C=O) groups excluding carboxylic acids is 1. The first-order chi connectivity index (χ1) is 10.1. The third-order valence-electron chi connectivity index (χ3n) is 3.03. The van der Waals surface area contributed by atoms with E-state index >= 15 is 0 Å². The van der Waals surface area contributed by atoms with Crippen LogP contribution in [0.3, 0.4) is 0 Å². The fourth-order valence-corrected chi connectivity index (χ4v) is 2.15. The lowest BCUT2D eigenvalue weighted by molar-refractivity contribution is -0.115. The Morgan fingerprint density at radius 2 is 2.14 bits per heavy atom. The third-order valence-corrected chi connectivity index (χ3v) is 3.03. The van der Waals surface area contributed by atoms with E-state index < -0.39 is 0 Å². The van der Waals surface area contributed by atoms with Gasteiger partial charge < -0.3 is 9.73 Å². The topological polar surface area (TPSA) is 55.1 Å². The molecule has 0 atom stereocenters. The Hall–Kier alpha value is -2.69. The molecule has 0 fully saturated rings. The highest BCUT2D eigenvalue weighted by atomic mass is 19.1. The summed E-state index contributed by atoms with van der Waals surface area (Å²) in [7, 11) is 0. The van der Waals surface area contributed by atoms with Gasteiger partial charge in [-0.3, -0.25) is 4.79 Å². The van der Waals surface area contributed by atoms with E-state index in [0.29, 0.717) is 17.2 Å². The first kappa shape index (κ1) is 13.3. The van der Waals surface area contributed by atoms with Gasteiger partial charge in [-0.1, -0.05) is 12.1 Å². The number of carbonyl (C=O) groups is 1. The number of halogens is 1. The Bertz CT molecular complexity index is 811. The molecule has 2 aromatic carbocycles. The summed E-state index contributed by atoms with van der Waals surface area (Å²) in [6.45, 7) is 1.77. The van der Waals surface area contributed by atoms with E-state index in [9.17, 15) is 9.18 Å². The molecule has 0 aliphatic carbocycles. The van der Waals surface area contributed by atoms with E-state index in [1.807, 2.05) is 12.1 Å². The number of benzene rings is 2. The molecule has 1 heterocycles. The maximum Gasteiger partial charge on any atom is 0.228 e. The van der Waals surface area contributed by atoms with E-state index in [2.05, 4.69) is 10.3 Å². The molecule has 3 aromatic rings. The van der Waals surface area contributed by atoms with E-state index in [-0.39, 0.29) is 18.1 Å². The summed E-state index contributed by atoms with van der Waals surface area (Å²) in [5, 5.41) is 2.66. The first-order valence-corrected chi connectivity index (χ1v) is 6.52. The Morgan fingerprint density at radius 1 is 1.29 bits per heavy atom. The highest BCUT2D eigenvalue weighted by Crippen LogP contribution is 2.17. The summed E-state index contributed by atoms with van der Waals surface area (Å²) in [5.74, 6) is -0.00109. The van der Waals surface area contributed by atoms with Crippen LogP contribution in [0.1, 0.15) is 11.5 Å². The number of amides is 1. The molecule has 1 aromatic heterocycles. The van der Waals surface area contributed by atoms with Crippen LogP contribution < -0.4 is 5.32 Å². The quantitative estimate of drug-likeness (QED) is 0.801. The van der Waals surface area contributed by atoms with Crippen molar-refractivity contribution in [2.24, 2.45) is 0 Å². The zero-order chi connectivity index (χ0) is 14.8. The second kappa shape index (κ2) is 5.36. The van der Waals surface area contributed by atoms with Crippen molar-refractivity contribution >= 4 is 22.7 Å². The average molecular weight is 284 g/mol. The fourth-order valence-electron chi connectivity index (χ4n) is 2.15. The maximum absolute atomic E-state index is 13.1. The summed E-state index contributed by atoms with van der Waals surface area (Å²) in [6.07, 6.45) is 0.193. The molecule has 4 nitrogen and oxygen atoms in total. The lowest BCUT2D eigenvalue weighted by Gasteiger charge is -2.05. The number of anilines is 1. The summed E-state index contributed by atoms with van der Waals surface area (Å²) < 4.78 is 18.4. The standard InChI is InChI=1S/C16H13FN2O2/c1-10-18-14-7-11(5-6-15(14)21-10)8-16(20)19-13-4-2-3-12(17)9-13/h2-7,9H,8H2,1H3,(H,19,20). The van der Waals surface area contributed by atoms with Crippen LogP contribution in [0.15, 0.2) is 46.9 Å².